The van der Waals surface area contributed by atoms with E-state index in [2.05, 4.69) is 47.4 Å². The van der Waals surface area contributed by atoms with Gasteiger partial charge in [-0.3, -0.25) is 9.59 Å². The number of thioether (sulfide) groups is 1. The van der Waals surface area contributed by atoms with E-state index in [1.165, 1.54) is 10.8 Å². The topological polar surface area (TPSA) is 82.4 Å². The number of carbonyl (C=O) groups is 2. The van der Waals surface area contributed by atoms with Crippen molar-refractivity contribution < 1.29 is 9.59 Å². The molecule has 0 bridgehead atoms. The molecule has 6 nitrogen and oxygen atoms in total. The predicted molar refractivity (Wildman–Crippen MR) is 155 cm³/mol. The number of carbonyl (C=O) groups excluding carboxylic acids is 2. The number of amides is 2. The highest BCUT2D eigenvalue weighted by Crippen LogP contribution is 2.33. The van der Waals surface area contributed by atoms with Gasteiger partial charge in [0.2, 0.25) is 11.8 Å². The number of nitrogens with zero attached hydrogens (tertiary/aromatic N) is 2. The first-order valence-corrected chi connectivity index (χ1v) is 14.6. The average Bonchev–Trinajstić information content (AvgIpc) is 3.56. The monoisotopic (exact) mass is 526 g/mol. The van der Waals surface area contributed by atoms with Crippen LogP contribution in [0, 0.1) is 5.92 Å². The summed E-state index contributed by atoms with van der Waals surface area (Å²) >= 11 is 1.69. The summed E-state index contributed by atoms with van der Waals surface area (Å²) in [6.45, 7) is 2.35. The smallest absolute Gasteiger partial charge is 0.245 e. The summed E-state index contributed by atoms with van der Waals surface area (Å²) in [6, 6.07) is 22.4. The highest BCUT2D eigenvalue weighted by Gasteiger charge is 2.44. The second-order valence-corrected chi connectivity index (χ2v) is 11.8. The van der Waals surface area contributed by atoms with Crippen molar-refractivity contribution in [2.45, 2.75) is 37.1 Å². The Morgan fingerprint density at radius 1 is 0.921 bits per heavy atom. The van der Waals surface area contributed by atoms with Crippen LogP contribution in [-0.2, 0) is 22.6 Å². The Labute approximate surface area is 227 Å². The number of fused-ring (bicyclic) bond motifs is 3. The van der Waals surface area contributed by atoms with Crippen molar-refractivity contribution in [3.8, 4) is 0 Å². The molecule has 2 fully saturated rings. The van der Waals surface area contributed by atoms with Gasteiger partial charge in [-0.05, 0) is 59.7 Å². The highest BCUT2D eigenvalue weighted by atomic mass is 32.2. The molecular weight excluding hydrogens is 492 g/mol. The van der Waals surface area contributed by atoms with Crippen molar-refractivity contribution in [2.75, 3.05) is 25.4 Å². The number of hydrogen-bond donors (Lipinski definition) is 2. The molecule has 0 unspecified atom stereocenters. The molecule has 3 heterocycles. The van der Waals surface area contributed by atoms with Gasteiger partial charge in [0, 0.05) is 42.5 Å². The molecule has 196 valence electrons. The van der Waals surface area contributed by atoms with Crippen LogP contribution in [0.5, 0.6) is 0 Å². The zero-order chi connectivity index (χ0) is 26.1. The molecule has 0 aliphatic carbocycles. The van der Waals surface area contributed by atoms with Crippen LogP contribution < -0.4 is 5.73 Å². The fraction of sp³-hybridized carbons (Fsp3) is 0.355. The minimum atomic E-state index is -0.418. The molecule has 2 saturated heterocycles. The molecule has 2 aliphatic heterocycles. The van der Waals surface area contributed by atoms with Gasteiger partial charge in [-0.25, -0.2) is 0 Å². The molecule has 7 heteroatoms. The van der Waals surface area contributed by atoms with Gasteiger partial charge in [0.25, 0.3) is 0 Å². The Balaban J connectivity index is 1.30. The zero-order valence-electron chi connectivity index (χ0n) is 21.5. The third kappa shape index (κ3) is 4.81. The maximum Gasteiger partial charge on any atom is 0.245 e. The van der Waals surface area contributed by atoms with Crippen LogP contribution in [-0.4, -0.2) is 63.3 Å². The number of aromatic nitrogens is 1. The van der Waals surface area contributed by atoms with Crippen LogP contribution in [0.15, 0.2) is 72.9 Å². The quantitative estimate of drug-likeness (QED) is 0.386. The lowest BCUT2D eigenvalue weighted by atomic mass is 10.0. The minimum absolute atomic E-state index is 0.0687. The molecule has 4 aromatic rings. The molecule has 3 atom stereocenters. The molecule has 3 aromatic carbocycles. The molecule has 1 aromatic heterocycles. The second-order valence-electron chi connectivity index (χ2n) is 10.5. The third-order valence-corrected chi connectivity index (χ3v) is 9.31. The Kier molecular flexibility index (Phi) is 7.13. The van der Waals surface area contributed by atoms with Crippen molar-refractivity contribution in [2.24, 2.45) is 11.7 Å². The Bertz CT molecular complexity index is 1460. The molecule has 6 rings (SSSR count). The van der Waals surface area contributed by atoms with E-state index in [9.17, 15) is 9.59 Å². The van der Waals surface area contributed by atoms with Gasteiger partial charge in [-0.15, -0.1) is 11.8 Å². The minimum Gasteiger partial charge on any atom is -0.361 e. The molecule has 2 aliphatic rings. The maximum absolute atomic E-state index is 14.1. The Morgan fingerprint density at radius 3 is 2.58 bits per heavy atom. The predicted octanol–water partition coefficient (Wildman–Crippen LogP) is 4.57. The fourth-order valence-corrected chi connectivity index (χ4v) is 7.35. The number of para-hydroxylation sites is 1. The van der Waals surface area contributed by atoms with Gasteiger partial charge in [-0.1, -0.05) is 60.7 Å². The van der Waals surface area contributed by atoms with Crippen molar-refractivity contribution in [3.63, 3.8) is 0 Å². The summed E-state index contributed by atoms with van der Waals surface area (Å²) in [5.74, 6) is 1.14. The molecular formula is C31H34N4O2S. The Hall–Kier alpha value is -3.29. The van der Waals surface area contributed by atoms with Crippen LogP contribution >= 0.6 is 11.8 Å². The van der Waals surface area contributed by atoms with E-state index in [0.29, 0.717) is 39.0 Å². The fourth-order valence-electron chi connectivity index (χ4n) is 6.17. The third-order valence-electron chi connectivity index (χ3n) is 8.12. The van der Waals surface area contributed by atoms with E-state index in [1.807, 2.05) is 40.3 Å². The zero-order valence-corrected chi connectivity index (χ0v) is 22.3. The summed E-state index contributed by atoms with van der Waals surface area (Å²) in [7, 11) is 0. The number of H-pyrrole nitrogens is 1. The van der Waals surface area contributed by atoms with E-state index in [0.717, 1.165) is 34.2 Å². The normalized spacial score (nSPS) is 22.5. The summed E-state index contributed by atoms with van der Waals surface area (Å²) in [4.78, 5) is 35.3. The average molecular weight is 527 g/mol. The van der Waals surface area contributed by atoms with Gasteiger partial charge < -0.3 is 20.5 Å². The lowest BCUT2D eigenvalue weighted by Gasteiger charge is -2.30. The van der Waals surface area contributed by atoms with Crippen molar-refractivity contribution in [1.29, 1.82) is 0 Å². The first-order valence-electron chi connectivity index (χ1n) is 13.5. The van der Waals surface area contributed by atoms with Crippen LogP contribution in [0.2, 0.25) is 0 Å². The van der Waals surface area contributed by atoms with E-state index < -0.39 is 6.04 Å². The van der Waals surface area contributed by atoms with E-state index >= 15 is 0 Å². The van der Waals surface area contributed by atoms with E-state index in [-0.39, 0.29) is 23.0 Å². The summed E-state index contributed by atoms with van der Waals surface area (Å²) in [5.41, 5.74) is 9.28. The molecule has 0 spiro atoms. The highest BCUT2D eigenvalue weighted by molar-refractivity contribution is 8.00. The van der Waals surface area contributed by atoms with Crippen molar-refractivity contribution in [3.05, 3.63) is 84.1 Å². The number of nitrogens with two attached hydrogens (primary N) is 1. The molecule has 0 saturated carbocycles. The largest absolute Gasteiger partial charge is 0.361 e. The van der Waals surface area contributed by atoms with E-state index in [4.69, 9.17) is 5.73 Å². The van der Waals surface area contributed by atoms with Crippen molar-refractivity contribution >= 4 is 45.3 Å². The number of rotatable bonds is 6. The van der Waals surface area contributed by atoms with Crippen LogP contribution in [0.1, 0.15) is 24.0 Å². The number of benzene rings is 3. The maximum atomic E-state index is 14.1. The summed E-state index contributed by atoms with van der Waals surface area (Å²) in [5, 5.41) is 3.29. The second kappa shape index (κ2) is 10.8. The van der Waals surface area contributed by atoms with Crippen LogP contribution in [0.25, 0.3) is 21.7 Å². The SMILES string of the molecule is NCC[C@@H]1C[C@@H]2C(=O)N(Cc3cccc4ccccc34)CCS[C@H](Cc3c[nH]c4ccccc34)C(=O)N2C1. The van der Waals surface area contributed by atoms with Crippen LogP contribution in [0.3, 0.4) is 0 Å². The summed E-state index contributed by atoms with van der Waals surface area (Å²) < 4.78 is 0. The van der Waals surface area contributed by atoms with Gasteiger partial charge >= 0.3 is 0 Å². The lowest BCUT2D eigenvalue weighted by molar-refractivity contribution is -0.143. The van der Waals surface area contributed by atoms with Crippen molar-refractivity contribution in [1.82, 2.24) is 14.8 Å². The van der Waals surface area contributed by atoms with Crippen LogP contribution in [0.4, 0.5) is 0 Å². The molecule has 38 heavy (non-hydrogen) atoms. The number of aromatic amines is 1. The van der Waals surface area contributed by atoms with Gasteiger partial charge in [-0.2, -0.15) is 0 Å². The Morgan fingerprint density at radius 2 is 1.71 bits per heavy atom. The number of hydrogen-bond acceptors (Lipinski definition) is 4. The molecule has 3 N–H and O–H groups in total. The standard InChI is InChI=1S/C31H34N4O2S/c32-13-12-21-16-28-30(36)34(20-23-8-5-7-22-6-1-2-9-25(22)23)14-15-38-29(31(37)35(28)19-21)17-24-18-33-27-11-4-3-10-26(24)27/h1-11,18,21,28-29,33H,12-17,19-20,32H2/t21-,28-,29-/m1/s1. The van der Waals surface area contributed by atoms with Gasteiger partial charge in [0.05, 0.1) is 5.25 Å². The van der Waals surface area contributed by atoms with Gasteiger partial charge in [0.15, 0.2) is 0 Å². The first-order chi connectivity index (χ1) is 18.6. The molecule has 0 radical (unpaired) electrons. The number of nitrogens with one attached hydrogen (secondary N) is 1. The molecule has 2 amide bonds. The summed E-state index contributed by atoms with van der Waals surface area (Å²) in [6.07, 6.45) is 4.20. The van der Waals surface area contributed by atoms with Gasteiger partial charge in [0.1, 0.15) is 6.04 Å². The van der Waals surface area contributed by atoms with E-state index in [1.54, 1.807) is 11.8 Å². The first kappa shape index (κ1) is 25.0. The lowest BCUT2D eigenvalue weighted by Crippen LogP contribution is -2.49.